The highest BCUT2D eigenvalue weighted by Crippen LogP contribution is 2.28. The predicted molar refractivity (Wildman–Crippen MR) is 76.0 cm³/mol. The minimum atomic E-state index is -0.709. The Kier molecular flexibility index (Phi) is 4.69. The van der Waals surface area contributed by atoms with Crippen molar-refractivity contribution >= 4 is 17.4 Å². The summed E-state index contributed by atoms with van der Waals surface area (Å²) >= 11 is 0.976. The third-order valence-electron chi connectivity index (χ3n) is 2.56. The zero-order valence-electron chi connectivity index (χ0n) is 11.1. The van der Waals surface area contributed by atoms with E-state index in [4.69, 9.17) is 0 Å². The van der Waals surface area contributed by atoms with Crippen molar-refractivity contribution in [3.63, 3.8) is 0 Å². The number of hydrogen-bond acceptors (Lipinski definition) is 5. The van der Waals surface area contributed by atoms with Crippen LogP contribution in [-0.2, 0) is 6.42 Å². The minimum Gasteiger partial charge on any atom is -0.301 e. The van der Waals surface area contributed by atoms with Crippen molar-refractivity contribution in [1.29, 1.82) is 0 Å². The quantitative estimate of drug-likeness (QED) is 0.521. The van der Waals surface area contributed by atoms with Gasteiger partial charge in [0.1, 0.15) is 5.82 Å². The lowest BCUT2D eigenvalue weighted by Crippen LogP contribution is -2.09. The molecule has 0 radical (unpaired) electrons. The first-order valence-electron chi connectivity index (χ1n) is 6.21. The second kappa shape index (κ2) is 6.49. The highest BCUT2D eigenvalue weighted by Gasteiger charge is 2.12. The van der Waals surface area contributed by atoms with Gasteiger partial charge in [-0.1, -0.05) is 25.1 Å². The second-order valence-electron chi connectivity index (χ2n) is 4.30. The number of non-ortho nitro benzene ring substituents is 1. The molecule has 1 aromatic carbocycles. The van der Waals surface area contributed by atoms with E-state index < -0.39 is 10.7 Å². The Morgan fingerprint density at radius 2 is 2.14 bits per heavy atom. The number of nitrogens with zero attached hydrogens (tertiary/aromatic N) is 2. The molecule has 2 rings (SSSR count). The number of nitro benzene ring substituents is 1. The van der Waals surface area contributed by atoms with Crippen molar-refractivity contribution in [3.05, 3.63) is 56.2 Å². The molecule has 1 heterocycles. The van der Waals surface area contributed by atoms with Crippen molar-refractivity contribution < 1.29 is 9.31 Å². The van der Waals surface area contributed by atoms with E-state index in [1.165, 1.54) is 12.1 Å². The van der Waals surface area contributed by atoms with Crippen molar-refractivity contribution in [2.45, 2.75) is 29.8 Å². The molecule has 8 heteroatoms. The lowest BCUT2D eigenvalue weighted by Gasteiger charge is -2.03. The summed E-state index contributed by atoms with van der Waals surface area (Å²) in [4.78, 5) is 28.6. The Labute approximate surface area is 123 Å². The fourth-order valence-corrected chi connectivity index (χ4v) is 2.63. The summed E-state index contributed by atoms with van der Waals surface area (Å²) in [5.41, 5.74) is -0.0129. The first kappa shape index (κ1) is 15.2. The second-order valence-corrected chi connectivity index (χ2v) is 5.36. The molecule has 0 aliphatic heterocycles. The van der Waals surface area contributed by atoms with Crippen molar-refractivity contribution in [2.24, 2.45) is 0 Å². The molecular weight excluding hydrogens is 297 g/mol. The van der Waals surface area contributed by atoms with Gasteiger partial charge in [0, 0.05) is 22.7 Å². The zero-order chi connectivity index (χ0) is 15.4. The zero-order valence-corrected chi connectivity index (χ0v) is 11.9. The van der Waals surface area contributed by atoms with Crippen molar-refractivity contribution in [1.82, 2.24) is 9.97 Å². The van der Waals surface area contributed by atoms with Gasteiger partial charge in [0.15, 0.2) is 5.16 Å². The summed E-state index contributed by atoms with van der Waals surface area (Å²) < 4.78 is 13.4. The molecule has 1 aromatic heterocycles. The molecule has 0 unspecified atom stereocenters. The van der Waals surface area contributed by atoms with Gasteiger partial charge in [-0.3, -0.25) is 14.9 Å². The molecule has 0 bridgehead atoms. The van der Waals surface area contributed by atoms with Crippen LogP contribution in [0, 0.1) is 15.9 Å². The van der Waals surface area contributed by atoms with Gasteiger partial charge in [0.05, 0.1) is 11.0 Å². The van der Waals surface area contributed by atoms with Gasteiger partial charge < -0.3 is 4.98 Å². The van der Waals surface area contributed by atoms with Crippen LogP contribution in [0.15, 0.2) is 39.1 Å². The fraction of sp³-hybridized carbons (Fsp3) is 0.231. The molecule has 0 aliphatic rings. The molecule has 0 amide bonds. The monoisotopic (exact) mass is 309 g/mol. The molecule has 0 saturated heterocycles. The molecule has 2 aromatic rings. The number of nitrogens with one attached hydrogen (secondary N) is 1. The Balaban J connectivity index is 2.33. The molecule has 6 nitrogen and oxygen atoms in total. The van der Waals surface area contributed by atoms with Crippen molar-refractivity contribution in [2.75, 3.05) is 0 Å². The van der Waals surface area contributed by atoms with Crippen LogP contribution in [0.2, 0.25) is 0 Å². The molecule has 0 fully saturated rings. The number of nitro groups is 1. The maximum Gasteiger partial charge on any atom is 0.273 e. The average molecular weight is 309 g/mol. The third-order valence-corrected chi connectivity index (χ3v) is 3.42. The maximum absolute atomic E-state index is 13.4. The van der Waals surface area contributed by atoms with Crippen molar-refractivity contribution in [3.8, 4) is 0 Å². The molecule has 0 aliphatic carbocycles. The number of halogens is 1. The van der Waals surface area contributed by atoms with Crippen LogP contribution < -0.4 is 5.56 Å². The van der Waals surface area contributed by atoms with Crippen LogP contribution in [0.4, 0.5) is 10.1 Å². The van der Waals surface area contributed by atoms with Gasteiger partial charge in [-0.05, 0) is 12.5 Å². The van der Waals surface area contributed by atoms with Crippen LogP contribution in [0.3, 0.4) is 0 Å². The van der Waals surface area contributed by atoms with E-state index in [0.29, 0.717) is 17.0 Å². The fourth-order valence-electron chi connectivity index (χ4n) is 1.74. The number of hydrogen-bond donors (Lipinski definition) is 1. The summed E-state index contributed by atoms with van der Waals surface area (Å²) in [6.45, 7) is 1.96. The topological polar surface area (TPSA) is 88.9 Å². The van der Waals surface area contributed by atoms with E-state index in [2.05, 4.69) is 9.97 Å². The summed E-state index contributed by atoms with van der Waals surface area (Å²) in [5, 5.41) is 11.0. The van der Waals surface area contributed by atoms with E-state index in [-0.39, 0.29) is 16.4 Å². The third kappa shape index (κ3) is 4.12. The van der Waals surface area contributed by atoms with Crippen LogP contribution >= 0.6 is 11.8 Å². The van der Waals surface area contributed by atoms with Gasteiger partial charge in [-0.25, -0.2) is 9.37 Å². The molecule has 21 heavy (non-hydrogen) atoms. The average Bonchev–Trinajstić information content (AvgIpc) is 2.37. The summed E-state index contributed by atoms with van der Waals surface area (Å²) in [6.07, 6.45) is 1.49. The van der Waals surface area contributed by atoms with E-state index in [1.807, 2.05) is 6.92 Å². The number of benzene rings is 1. The Bertz CT molecular complexity index is 733. The van der Waals surface area contributed by atoms with Gasteiger partial charge >= 0.3 is 0 Å². The normalized spacial score (nSPS) is 10.6. The highest BCUT2D eigenvalue weighted by atomic mass is 32.2. The smallest absolute Gasteiger partial charge is 0.273 e. The van der Waals surface area contributed by atoms with E-state index in [9.17, 15) is 19.3 Å². The SMILES string of the molecule is CCCc1cc(=O)[nH]c(Sc2cc(F)cc([N+](=O)[O-])c2)n1. The van der Waals surface area contributed by atoms with Gasteiger partial charge in [0.2, 0.25) is 0 Å². The molecule has 0 spiro atoms. The molecule has 110 valence electrons. The molecular formula is C13H12FN3O3S. The summed E-state index contributed by atoms with van der Waals surface area (Å²) in [7, 11) is 0. The minimum absolute atomic E-state index is 0.283. The first-order chi connectivity index (χ1) is 9.97. The largest absolute Gasteiger partial charge is 0.301 e. The Morgan fingerprint density at radius 3 is 2.81 bits per heavy atom. The lowest BCUT2D eigenvalue weighted by molar-refractivity contribution is -0.385. The summed E-state index contributed by atoms with van der Waals surface area (Å²) in [6, 6.07) is 4.64. The van der Waals surface area contributed by atoms with Gasteiger partial charge in [0.25, 0.3) is 11.2 Å². The first-order valence-corrected chi connectivity index (χ1v) is 7.02. The van der Waals surface area contributed by atoms with Crippen LogP contribution in [0.25, 0.3) is 0 Å². The van der Waals surface area contributed by atoms with E-state index in [1.54, 1.807) is 0 Å². The van der Waals surface area contributed by atoms with Gasteiger partial charge in [-0.15, -0.1) is 0 Å². The van der Waals surface area contributed by atoms with E-state index >= 15 is 0 Å². The Hall–Kier alpha value is -2.22. The highest BCUT2D eigenvalue weighted by molar-refractivity contribution is 7.99. The van der Waals surface area contributed by atoms with Crippen LogP contribution in [0.5, 0.6) is 0 Å². The number of H-pyrrole nitrogens is 1. The lowest BCUT2D eigenvalue weighted by atomic mass is 10.2. The standard InChI is InChI=1S/C13H12FN3O3S/c1-2-3-9-6-12(18)16-13(15-9)21-11-5-8(14)4-10(7-11)17(19)20/h4-7H,2-3H2,1H3,(H,15,16,18). The number of aryl methyl sites for hydroxylation is 1. The van der Waals surface area contributed by atoms with Crippen LogP contribution in [-0.4, -0.2) is 14.9 Å². The van der Waals surface area contributed by atoms with E-state index in [0.717, 1.165) is 30.3 Å². The molecule has 1 N–H and O–H groups in total. The number of rotatable bonds is 5. The predicted octanol–water partition coefficient (Wildman–Crippen LogP) is 2.92. The molecule has 0 atom stereocenters. The Morgan fingerprint density at radius 1 is 1.38 bits per heavy atom. The maximum atomic E-state index is 13.4. The van der Waals surface area contributed by atoms with Gasteiger partial charge in [-0.2, -0.15) is 0 Å². The number of aromatic amines is 1. The number of aromatic nitrogens is 2. The van der Waals surface area contributed by atoms with Crippen LogP contribution in [0.1, 0.15) is 19.0 Å². The summed E-state index contributed by atoms with van der Waals surface area (Å²) in [5.74, 6) is -0.709. The molecule has 0 saturated carbocycles.